The second-order valence-corrected chi connectivity index (χ2v) is 6.49. The van der Waals surface area contributed by atoms with Gasteiger partial charge < -0.3 is 15.1 Å². The second kappa shape index (κ2) is 7.61. The van der Waals surface area contributed by atoms with Crippen molar-refractivity contribution in [2.24, 2.45) is 0 Å². The Morgan fingerprint density at radius 1 is 1.17 bits per heavy atom. The molecule has 1 aromatic heterocycles. The summed E-state index contributed by atoms with van der Waals surface area (Å²) >= 11 is 3.31. The lowest BCUT2D eigenvalue weighted by Gasteiger charge is -2.36. The van der Waals surface area contributed by atoms with E-state index in [1.807, 2.05) is 12.1 Å². The average molecular weight is 393 g/mol. The molecule has 0 aliphatic carbocycles. The zero-order valence-corrected chi connectivity index (χ0v) is 14.7. The Bertz CT molecular complexity index is 705. The number of hydrogen-bond acceptors (Lipinski definition) is 3. The van der Waals surface area contributed by atoms with Crippen molar-refractivity contribution in [1.82, 2.24) is 15.2 Å². The van der Waals surface area contributed by atoms with Gasteiger partial charge in [0.1, 0.15) is 5.82 Å². The van der Waals surface area contributed by atoms with Crippen LogP contribution >= 0.6 is 15.9 Å². The molecule has 5 nitrogen and oxygen atoms in total. The van der Waals surface area contributed by atoms with Crippen LogP contribution in [-0.4, -0.2) is 42.1 Å². The molecule has 2 aromatic rings. The lowest BCUT2D eigenvalue weighted by atomic mass is 10.2. The molecule has 1 saturated heterocycles. The Morgan fingerprint density at radius 2 is 1.88 bits per heavy atom. The van der Waals surface area contributed by atoms with Gasteiger partial charge >= 0.3 is 6.03 Å². The second-order valence-electron chi connectivity index (χ2n) is 5.57. The van der Waals surface area contributed by atoms with Crippen LogP contribution in [0.1, 0.15) is 5.56 Å². The third kappa shape index (κ3) is 4.03. The maximum absolute atomic E-state index is 13.7. The summed E-state index contributed by atoms with van der Waals surface area (Å²) in [6.45, 7) is 2.98. The highest BCUT2D eigenvalue weighted by molar-refractivity contribution is 9.10. The largest absolute Gasteiger partial charge is 0.368 e. The SMILES string of the molecule is O=C(NCc1cc(Br)ccc1F)N1CCN(c2ccncc2)CC1. The van der Waals surface area contributed by atoms with Gasteiger partial charge in [0.2, 0.25) is 0 Å². The van der Waals surface area contributed by atoms with E-state index in [9.17, 15) is 9.18 Å². The molecule has 0 saturated carbocycles. The van der Waals surface area contributed by atoms with Crippen LogP contribution in [0.15, 0.2) is 47.2 Å². The summed E-state index contributed by atoms with van der Waals surface area (Å²) in [5.41, 5.74) is 1.58. The van der Waals surface area contributed by atoms with E-state index >= 15 is 0 Å². The number of pyridine rings is 1. The molecule has 1 aromatic carbocycles. The summed E-state index contributed by atoms with van der Waals surface area (Å²) in [5, 5.41) is 2.79. The van der Waals surface area contributed by atoms with Crippen molar-refractivity contribution in [2.75, 3.05) is 31.1 Å². The van der Waals surface area contributed by atoms with Crippen LogP contribution in [-0.2, 0) is 6.54 Å². The number of nitrogens with zero attached hydrogens (tertiary/aromatic N) is 3. The fraction of sp³-hybridized carbons (Fsp3) is 0.294. The van der Waals surface area contributed by atoms with E-state index in [1.165, 1.54) is 6.07 Å². The highest BCUT2D eigenvalue weighted by Crippen LogP contribution is 2.16. The molecule has 0 spiro atoms. The van der Waals surface area contributed by atoms with Crippen LogP contribution < -0.4 is 10.2 Å². The summed E-state index contributed by atoms with van der Waals surface area (Å²) in [6.07, 6.45) is 3.53. The molecule has 24 heavy (non-hydrogen) atoms. The van der Waals surface area contributed by atoms with Crippen LogP contribution in [0.4, 0.5) is 14.9 Å². The monoisotopic (exact) mass is 392 g/mol. The van der Waals surface area contributed by atoms with E-state index in [0.29, 0.717) is 18.7 Å². The van der Waals surface area contributed by atoms with E-state index in [2.05, 4.69) is 31.1 Å². The molecular formula is C17H18BrFN4O. The van der Waals surface area contributed by atoms with Gasteiger partial charge in [-0.15, -0.1) is 0 Å². The van der Waals surface area contributed by atoms with Crippen molar-refractivity contribution in [3.8, 4) is 0 Å². The van der Waals surface area contributed by atoms with Gasteiger partial charge in [-0.05, 0) is 30.3 Å². The number of rotatable bonds is 3. The number of hydrogen-bond donors (Lipinski definition) is 1. The minimum atomic E-state index is -0.319. The summed E-state index contributed by atoms with van der Waals surface area (Å²) < 4.78 is 14.5. The molecule has 3 rings (SSSR count). The molecule has 1 aliphatic heterocycles. The number of aromatic nitrogens is 1. The zero-order valence-electron chi connectivity index (χ0n) is 13.1. The van der Waals surface area contributed by atoms with Gasteiger partial charge in [-0.2, -0.15) is 0 Å². The molecule has 1 N–H and O–H groups in total. The van der Waals surface area contributed by atoms with Crippen LogP contribution in [0.3, 0.4) is 0 Å². The van der Waals surface area contributed by atoms with Crippen LogP contribution in [0.25, 0.3) is 0 Å². The predicted octanol–water partition coefficient (Wildman–Crippen LogP) is 3.02. The first kappa shape index (κ1) is 16.7. The first-order valence-electron chi connectivity index (χ1n) is 7.75. The summed E-state index contributed by atoms with van der Waals surface area (Å²) in [5.74, 6) is -0.319. The number of urea groups is 1. The Balaban J connectivity index is 1.51. The van der Waals surface area contributed by atoms with Gasteiger partial charge in [-0.3, -0.25) is 4.98 Å². The van der Waals surface area contributed by atoms with Crippen molar-refractivity contribution in [3.63, 3.8) is 0 Å². The van der Waals surface area contributed by atoms with Gasteiger partial charge in [0.15, 0.2) is 0 Å². The Kier molecular flexibility index (Phi) is 5.30. The molecule has 0 atom stereocenters. The summed E-state index contributed by atoms with van der Waals surface area (Å²) in [7, 11) is 0. The van der Waals surface area contributed by atoms with E-state index < -0.39 is 0 Å². The number of carbonyl (C=O) groups excluding carboxylic acids is 1. The maximum Gasteiger partial charge on any atom is 0.317 e. The summed E-state index contributed by atoms with van der Waals surface area (Å²) in [6, 6.07) is 8.47. The van der Waals surface area contributed by atoms with Crippen molar-refractivity contribution in [2.45, 2.75) is 6.54 Å². The minimum Gasteiger partial charge on any atom is -0.368 e. The molecule has 1 aliphatic rings. The number of amides is 2. The van der Waals surface area contributed by atoms with E-state index in [4.69, 9.17) is 0 Å². The van der Waals surface area contributed by atoms with Gasteiger partial charge in [0.25, 0.3) is 0 Å². The first-order valence-corrected chi connectivity index (χ1v) is 8.54. The van der Waals surface area contributed by atoms with Gasteiger partial charge in [0.05, 0.1) is 0 Å². The van der Waals surface area contributed by atoms with Crippen LogP contribution in [0, 0.1) is 5.82 Å². The molecule has 0 unspecified atom stereocenters. The van der Waals surface area contributed by atoms with E-state index in [1.54, 1.807) is 29.4 Å². The third-order valence-electron chi connectivity index (χ3n) is 4.03. The number of nitrogens with one attached hydrogen (secondary N) is 1. The van der Waals surface area contributed by atoms with Crippen molar-refractivity contribution < 1.29 is 9.18 Å². The number of anilines is 1. The van der Waals surface area contributed by atoms with Gasteiger partial charge in [-0.1, -0.05) is 15.9 Å². The predicted molar refractivity (Wildman–Crippen MR) is 94.4 cm³/mol. The van der Waals surface area contributed by atoms with E-state index in [-0.39, 0.29) is 18.4 Å². The normalized spacial score (nSPS) is 14.6. The minimum absolute atomic E-state index is 0.163. The third-order valence-corrected chi connectivity index (χ3v) is 4.53. The quantitative estimate of drug-likeness (QED) is 0.873. The molecule has 2 amide bonds. The smallest absolute Gasteiger partial charge is 0.317 e. The zero-order chi connectivity index (χ0) is 16.9. The molecule has 7 heteroatoms. The number of benzene rings is 1. The molecule has 126 valence electrons. The van der Waals surface area contributed by atoms with E-state index in [0.717, 1.165) is 23.2 Å². The van der Waals surface area contributed by atoms with Crippen molar-refractivity contribution >= 4 is 27.6 Å². The molecule has 2 heterocycles. The highest BCUT2D eigenvalue weighted by atomic mass is 79.9. The van der Waals surface area contributed by atoms with Crippen molar-refractivity contribution in [3.05, 3.63) is 58.6 Å². The maximum atomic E-state index is 13.7. The number of carbonyl (C=O) groups is 1. The molecule has 1 fully saturated rings. The molecule has 0 bridgehead atoms. The Morgan fingerprint density at radius 3 is 2.58 bits per heavy atom. The fourth-order valence-corrected chi connectivity index (χ4v) is 3.09. The van der Waals surface area contributed by atoms with Crippen LogP contribution in [0.2, 0.25) is 0 Å². The topological polar surface area (TPSA) is 48.5 Å². The average Bonchev–Trinajstić information content (AvgIpc) is 2.63. The number of halogens is 2. The van der Waals surface area contributed by atoms with Crippen LogP contribution in [0.5, 0.6) is 0 Å². The van der Waals surface area contributed by atoms with Gasteiger partial charge in [-0.25, -0.2) is 9.18 Å². The first-order chi connectivity index (χ1) is 11.6. The molecule has 0 radical (unpaired) electrons. The number of piperazine rings is 1. The fourth-order valence-electron chi connectivity index (χ4n) is 2.68. The Hall–Kier alpha value is -2.15. The van der Waals surface area contributed by atoms with Gasteiger partial charge in [0, 0.05) is 60.8 Å². The standard InChI is InChI=1S/C17H18BrFN4O/c18-14-1-2-16(19)13(11-14)12-21-17(24)23-9-7-22(8-10-23)15-3-5-20-6-4-15/h1-6,11H,7-10,12H2,(H,21,24). The Labute approximate surface area is 148 Å². The lowest BCUT2D eigenvalue weighted by Crippen LogP contribution is -2.51. The summed E-state index contributed by atoms with van der Waals surface area (Å²) in [4.78, 5) is 20.3. The highest BCUT2D eigenvalue weighted by Gasteiger charge is 2.21. The molecular weight excluding hydrogens is 375 g/mol. The van der Waals surface area contributed by atoms with Crippen molar-refractivity contribution in [1.29, 1.82) is 0 Å². The lowest BCUT2D eigenvalue weighted by molar-refractivity contribution is 0.194.